The highest BCUT2D eigenvalue weighted by Gasteiger charge is 2.52. The molecule has 2 heterocycles. The van der Waals surface area contributed by atoms with Crippen LogP contribution in [0.4, 0.5) is 0 Å². The highest BCUT2D eigenvalue weighted by Crippen LogP contribution is 2.38. The molecule has 1 aliphatic rings. The van der Waals surface area contributed by atoms with Gasteiger partial charge in [0.05, 0.1) is 29.3 Å². The average molecular weight is 436 g/mol. The van der Waals surface area contributed by atoms with Gasteiger partial charge in [-0.1, -0.05) is 11.6 Å². The molecule has 21 heavy (non-hydrogen) atoms. The lowest BCUT2D eigenvalue weighted by molar-refractivity contribution is 0.00578. The van der Waals surface area contributed by atoms with Crippen LogP contribution in [-0.4, -0.2) is 27.9 Å². The number of rotatable bonds is 2. The van der Waals surface area contributed by atoms with Crippen molar-refractivity contribution in [2.45, 2.75) is 38.9 Å². The van der Waals surface area contributed by atoms with E-state index in [4.69, 9.17) is 20.9 Å². The second-order valence-electron chi connectivity index (χ2n) is 6.12. The van der Waals surface area contributed by atoms with E-state index in [1.165, 1.54) is 0 Å². The monoisotopic (exact) mass is 436 g/mol. The van der Waals surface area contributed by atoms with Gasteiger partial charge < -0.3 is 9.31 Å². The molecule has 112 valence electrons. The van der Waals surface area contributed by atoms with Crippen molar-refractivity contribution in [3.63, 3.8) is 0 Å². The van der Waals surface area contributed by atoms with Crippen LogP contribution in [0.2, 0.25) is 5.02 Å². The number of halogens is 2. The van der Waals surface area contributed by atoms with Crippen LogP contribution in [0.25, 0.3) is 10.9 Å². The van der Waals surface area contributed by atoms with Crippen LogP contribution in [0.15, 0.2) is 18.3 Å². The smallest absolute Gasteiger partial charge is 0.399 e. The number of hydrogen-bond acceptors (Lipinski definition) is 3. The molecule has 0 amide bonds. The van der Waals surface area contributed by atoms with Gasteiger partial charge in [-0.15, -0.1) is 0 Å². The van der Waals surface area contributed by atoms with Crippen molar-refractivity contribution in [3.05, 3.63) is 23.4 Å². The third-order valence-electron chi connectivity index (χ3n) is 4.31. The van der Waals surface area contributed by atoms with Gasteiger partial charge in [-0.25, -0.2) is 4.45 Å². The van der Waals surface area contributed by atoms with Gasteiger partial charge in [-0.05, 0) is 61.9 Å². The van der Waals surface area contributed by atoms with E-state index in [-0.39, 0.29) is 11.2 Å². The average Bonchev–Trinajstić information content (AvgIpc) is 2.87. The van der Waals surface area contributed by atoms with Crippen LogP contribution in [0.3, 0.4) is 0 Å². The van der Waals surface area contributed by atoms with Crippen molar-refractivity contribution in [2.75, 3.05) is 0 Å². The lowest BCUT2D eigenvalue weighted by atomic mass is 9.77. The molecule has 8 heteroatoms. The van der Waals surface area contributed by atoms with E-state index in [1.807, 2.05) is 50.5 Å². The molecule has 0 spiro atoms. The quantitative estimate of drug-likeness (QED) is 0.409. The van der Waals surface area contributed by atoms with Crippen LogP contribution in [0.1, 0.15) is 27.7 Å². The summed E-state index contributed by atoms with van der Waals surface area (Å²) in [6, 6.07) is 3.88. The molecule has 1 unspecified atom stereocenters. The predicted octanol–water partition coefficient (Wildman–Crippen LogP) is 3.78. The zero-order chi connectivity index (χ0) is 15.4. The molecule has 0 bridgehead atoms. The minimum Gasteiger partial charge on any atom is -0.399 e. The maximum atomic E-state index is 6.43. The summed E-state index contributed by atoms with van der Waals surface area (Å²) < 4.78 is 14.2. The molecule has 1 aromatic heterocycles. The Hall–Kier alpha value is 0.125. The van der Waals surface area contributed by atoms with Gasteiger partial charge in [0, 0.05) is 15.9 Å². The molecule has 2 aromatic rings. The molecule has 0 aliphatic carbocycles. The fraction of sp³-hybridized carbons (Fsp3) is 0.462. The summed E-state index contributed by atoms with van der Waals surface area (Å²) in [6.45, 7) is 8.15. The van der Waals surface area contributed by atoms with Gasteiger partial charge in [0.25, 0.3) is 0 Å². The van der Waals surface area contributed by atoms with Gasteiger partial charge in [0.2, 0.25) is 0 Å². The number of hydrogen-bond donors (Lipinski definition) is 0. The maximum Gasteiger partial charge on any atom is 0.497 e. The van der Waals surface area contributed by atoms with Crippen molar-refractivity contribution in [3.8, 4) is 0 Å². The first-order chi connectivity index (χ1) is 9.77. The fourth-order valence-electron chi connectivity index (χ4n) is 2.36. The molecule has 1 atom stereocenters. The second kappa shape index (κ2) is 5.34. The van der Waals surface area contributed by atoms with E-state index in [2.05, 4.69) is 27.1 Å². The first-order valence-corrected chi connectivity index (χ1v) is 11.1. The number of benzene rings is 1. The molecular weight excluding hydrogens is 420 g/mol. The van der Waals surface area contributed by atoms with Crippen molar-refractivity contribution in [1.29, 1.82) is 0 Å². The van der Waals surface area contributed by atoms with Crippen LogP contribution >= 0.6 is 40.0 Å². The summed E-state index contributed by atoms with van der Waals surface area (Å²) in [7, 11) is -0.471. The van der Waals surface area contributed by atoms with Crippen molar-refractivity contribution >= 4 is 63.5 Å². The highest BCUT2D eigenvalue weighted by molar-refractivity contribution is 14.2. The van der Waals surface area contributed by atoms with Crippen LogP contribution in [0, 0.1) is 0 Å². The van der Waals surface area contributed by atoms with E-state index in [1.54, 1.807) is 0 Å². The standard InChI is InChI=1S/C13H16BClIN2O2P/c1-12(2)13(3,4)20-14(19-12)11-8-7-17-18(21-16)10(8)6-5-9(11)15/h5-7,21H,1-4H3. The normalized spacial score (nSPS) is 21.0. The van der Waals surface area contributed by atoms with Gasteiger partial charge in [0.1, 0.15) is 0 Å². The molecule has 4 nitrogen and oxygen atoms in total. The molecule has 1 saturated heterocycles. The largest absolute Gasteiger partial charge is 0.497 e. The fourth-order valence-corrected chi connectivity index (χ4v) is 4.16. The molecule has 0 N–H and O–H groups in total. The SMILES string of the molecule is CC1(C)OB(c2c(Cl)ccc3c2cnn3PI)OC1(C)C. The maximum absolute atomic E-state index is 6.43. The lowest BCUT2D eigenvalue weighted by Crippen LogP contribution is -2.41. The Morgan fingerprint density at radius 2 is 1.86 bits per heavy atom. The topological polar surface area (TPSA) is 36.3 Å². The lowest BCUT2D eigenvalue weighted by Gasteiger charge is -2.32. The highest BCUT2D eigenvalue weighted by atomic mass is 127. The molecule has 1 aliphatic heterocycles. The Balaban J connectivity index is 2.13. The first-order valence-electron chi connectivity index (χ1n) is 6.65. The Bertz CT molecular complexity index is 691. The van der Waals surface area contributed by atoms with E-state index in [0.717, 1.165) is 16.4 Å². The first kappa shape index (κ1) is 16.0. The molecule has 1 fully saturated rings. The Labute approximate surface area is 144 Å². The van der Waals surface area contributed by atoms with Crippen LogP contribution in [0.5, 0.6) is 0 Å². The van der Waals surface area contributed by atoms with E-state index >= 15 is 0 Å². The van der Waals surface area contributed by atoms with Gasteiger partial charge in [-0.2, -0.15) is 5.10 Å². The Kier molecular flexibility index (Phi) is 4.07. The summed E-state index contributed by atoms with van der Waals surface area (Å²) in [5.41, 5.74) is 1.15. The summed E-state index contributed by atoms with van der Waals surface area (Å²) >= 11 is 8.74. The summed E-state index contributed by atoms with van der Waals surface area (Å²) in [6.07, 6.45) is 2.38. The van der Waals surface area contributed by atoms with Gasteiger partial charge in [-0.3, -0.25) is 0 Å². The number of nitrogens with zero attached hydrogens (tertiary/aromatic N) is 2. The Morgan fingerprint density at radius 1 is 1.24 bits per heavy atom. The van der Waals surface area contributed by atoms with Gasteiger partial charge in [0.15, 0.2) is 0 Å². The third-order valence-corrected chi connectivity index (χ3v) is 6.53. The van der Waals surface area contributed by atoms with Crippen molar-refractivity contribution in [2.24, 2.45) is 0 Å². The van der Waals surface area contributed by atoms with Crippen LogP contribution < -0.4 is 5.46 Å². The zero-order valence-corrected chi connectivity index (χ0v) is 16.2. The molecule has 0 saturated carbocycles. The number of fused-ring (bicyclic) bond motifs is 1. The van der Waals surface area contributed by atoms with E-state index in [9.17, 15) is 0 Å². The molecule has 1 aromatic carbocycles. The summed E-state index contributed by atoms with van der Waals surface area (Å²) in [4.78, 5) is 0. The number of aromatic nitrogens is 2. The molecule has 3 rings (SSSR count). The third kappa shape index (κ3) is 2.53. The van der Waals surface area contributed by atoms with E-state index < -0.39 is 7.12 Å². The minimum atomic E-state index is -0.471. The van der Waals surface area contributed by atoms with Crippen molar-refractivity contribution in [1.82, 2.24) is 9.55 Å². The summed E-state index contributed by atoms with van der Waals surface area (Å²) in [5.74, 6) is 0. The minimum absolute atomic E-state index is 0.385. The van der Waals surface area contributed by atoms with Gasteiger partial charge >= 0.3 is 7.12 Å². The zero-order valence-electron chi connectivity index (χ0n) is 12.3. The van der Waals surface area contributed by atoms with E-state index in [0.29, 0.717) is 11.4 Å². The predicted molar refractivity (Wildman–Crippen MR) is 98.2 cm³/mol. The molecule has 0 radical (unpaired) electrons. The summed E-state index contributed by atoms with van der Waals surface area (Å²) in [5, 5.41) is 6.05. The van der Waals surface area contributed by atoms with Crippen molar-refractivity contribution < 1.29 is 9.31 Å². The molecular formula is C13H16BClIN2O2P. The second-order valence-corrected chi connectivity index (χ2v) is 8.57. The van der Waals surface area contributed by atoms with Crippen LogP contribution in [-0.2, 0) is 9.31 Å². The Morgan fingerprint density at radius 3 is 2.43 bits per heavy atom.